The number of carboxylic acids is 1. The van der Waals surface area contributed by atoms with Crippen molar-refractivity contribution < 1.29 is 36.7 Å². The number of likely N-dealkylation sites (tertiary alicyclic amines) is 1. The molecule has 1 fully saturated rings. The van der Waals surface area contributed by atoms with Gasteiger partial charge in [-0.25, -0.2) is 4.79 Å². The van der Waals surface area contributed by atoms with Crippen molar-refractivity contribution in [3.05, 3.63) is 0 Å². The number of nitrogens with two attached hydrogens (primary N) is 2. The van der Waals surface area contributed by atoms with Crippen LogP contribution in [0.4, 0.5) is 4.79 Å². The second-order valence-electron chi connectivity index (χ2n) is 6.15. The van der Waals surface area contributed by atoms with Gasteiger partial charge in [0.1, 0.15) is 12.1 Å². The van der Waals surface area contributed by atoms with Crippen LogP contribution in [-0.4, -0.2) is 72.1 Å². The Morgan fingerprint density at radius 1 is 1.26 bits per heavy atom. The van der Waals surface area contributed by atoms with Crippen LogP contribution < -0.4 is 22.3 Å². The second-order valence-corrected chi connectivity index (χ2v) is 7.17. The van der Waals surface area contributed by atoms with Gasteiger partial charge in [-0.05, 0) is 32.1 Å². The number of piperidine rings is 1. The SMILES string of the molecule is NC(=O)[C@@H]1CC[C@@H](NOS(=O)(=O)O)CN1C(=O)NCCCC[C@H](N)C(=O)O. The lowest BCUT2D eigenvalue weighted by Gasteiger charge is -2.37. The molecule has 0 unspecified atom stereocenters. The van der Waals surface area contributed by atoms with E-state index < -0.39 is 46.4 Å². The zero-order valence-electron chi connectivity index (χ0n) is 14.5. The summed E-state index contributed by atoms with van der Waals surface area (Å²) >= 11 is 0. The standard InChI is InChI=1S/C13H25N5O8S/c14-9(12(20)21)3-1-2-6-16-13(22)18-7-8(17-26-27(23,24)25)4-5-10(18)11(15)19/h8-10,17H,1-7,14H2,(H2,15,19)(H,16,22)(H,20,21)(H,23,24,25)/t8-,9+,10+/m1/s1. The molecule has 14 heteroatoms. The van der Waals surface area contributed by atoms with Gasteiger partial charge >= 0.3 is 22.4 Å². The second kappa shape index (κ2) is 10.4. The van der Waals surface area contributed by atoms with Crippen molar-refractivity contribution in [3.8, 4) is 0 Å². The fraction of sp³-hybridized carbons (Fsp3) is 0.769. The zero-order chi connectivity index (χ0) is 20.6. The maximum Gasteiger partial charge on any atom is 0.413 e. The molecule has 1 heterocycles. The van der Waals surface area contributed by atoms with Gasteiger partial charge in [0.25, 0.3) is 0 Å². The summed E-state index contributed by atoms with van der Waals surface area (Å²) in [5.74, 6) is -1.80. The van der Waals surface area contributed by atoms with Crippen LogP contribution in [0.25, 0.3) is 0 Å². The van der Waals surface area contributed by atoms with Crippen molar-refractivity contribution in [2.75, 3.05) is 13.1 Å². The van der Waals surface area contributed by atoms with Crippen molar-refractivity contribution in [1.82, 2.24) is 15.7 Å². The molecule has 0 saturated carbocycles. The first-order valence-corrected chi connectivity index (χ1v) is 9.61. The molecule has 156 valence electrons. The van der Waals surface area contributed by atoms with Gasteiger partial charge in [-0.15, -0.1) is 0 Å². The maximum atomic E-state index is 12.3. The highest BCUT2D eigenvalue weighted by Crippen LogP contribution is 2.18. The highest BCUT2D eigenvalue weighted by Gasteiger charge is 2.35. The maximum absolute atomic E-state index is 12.3. The van der Waals surface area contributed by atoms with Crippen LogP contribution in [0.2, 0.25) is 0 Å². The molecular formula is C13H25N5O8S. The summed E-state index contributed by atoms with van der Waals surface area (Å²) in [6, 6.07) is -3.05. The number of aliphatic carboxylic acids is 1. The smallest absolute Gasteiger partial charge is 0.413 e. The summed E-state index contributed by atoms with van der Waals surface area (Å²) in [7, 11) is -4.70. The first kappa shape index (κ1) is 23.0. The Balaban J connectivity index is 2.51. The van der Waals surface area contributed by atoms with Crippen LogP contribution in [0.3, 0.4) is 0 Å². The molecule has 0 aromatic rings. The first-order chi connectivity index (χ1) is 12.5. The van der Waals surface area contributed by atoms with Crippen molar-refractivity contribution >= 4 is 28.3 Å². The third-order valence-electron chi connectivity index (χ3n) is 4.03. The van der Waals surface area contributed by atoms with Gasteiger partial charge in [-0.2, -0.15) is 18.2 Å². The number of carbonyl (C=O) groups is 3. The number of hydrogen-bond donors (Lipinski definition) is 6. The minimum absolute atomic E-state index is 0.0706. The molecule has 0 aromatic carbocycles. The number of unbranched alkanes of at least 4 members (excludes halogenated alkanes) is 1. The Morgan fingerprint density at radius 2 is 1.93 bits per heavy atom. The third-order valence-corrected chi connectivity index (χ3v) is 4.33. The van der Waals surface area contributed by atoms with Gasteiger partial charge in [0.2, 0.25) is 5.91 Å². The molecule has 0 aliphatic carbocycles. The topological polar surface area (TPSA) is 214 Å². The van der Waals surface area contributed by atoms with Crippen LogP contribution in [0, 0.1) is 0 Å². The predicted octanol–water partition coefficient (Wildman–Crippen LogP) is -2.08. The normalized spacial score (nSPS) is 21.5. The van der Waals surface area contributed by atoms with Crippen LogP contribution in [0.5, 0.6) is 0 Å². The molecule has 1 aliphatic heterocycles. The highest BCUT2D eigenvalue weighted by atomic mass is 32.3. The van der Waals surface area contributed by atoms with E-state index in [0.29, 0.717) is 19.3 Å². The molecular weight excluding hydrogens is 386 g/mol. The Labute approximate surface area is 156 Å². The number of carboxylic acid groups (broad SMARTS) is 1. The molecule has 1 rings (SSSR count). The van der Waals surface area contributed by atoms with Crippen LogP contribution >= 0.6 is 0 Å². The summed E-state index contributed by atoms with van der Waals surface area (Å²) < 4.78 is 33.9. The Hall–Kier alpha value is -2.00. The minimum atomic E-state index is -4.70. The van der Waals surface area contributed by atoms with Crippen LogP contribution in [0.15, 0.2) is 0 Å². The third kappa shape index (κ3) is 8.49. The average Bonchev–Trinajstić information content (AvgIpc) is 2.58. The number of primary amides is 1. The minimum Gasteiger partial charge on any atom is -0.480 e. The average molecular weight is 411 g/mol. The molecule has 8 N–H and O–H groups in total. The highest BCUT2D eigenvalue weighted by molar-refractivity contribution is 7.80. The molecule has 0 spiro atoms. The van der Waals surface area contributed by atoms with Gasteiger partial charge in [-0.3, -0.25) is 14.1 Å². The zero-order valence-corrected chi connectivity index (χ0v) is 15.4. The van der Waals surface area contributed by atoms with Crippen molar-refractivity contribution in [2.45, 2.75) is 50.2 Å². The van der Waals surface area contributed by atoms with E-state index in [-0.39, 0.29) is 25.9 Å². The molecule has 3 atom stereocenters. The lowest BCUT2D eigenvalue weighted by Crippen LogP contribution is -2.59. The molecule has 13 nitrogen and oxygen atoms in total. The monoisotopic (exact) mass is 411 g/mol. The quantitative estimate of drug-likeness (QED) is 0.131. The fourth-order valence-corrected chi connectivity index (χ4v) is 2.88. The molecule has 0 bridgehead atoms. The summed E-state index contributed by atoms with van der Waals surface area (Å²) in [6.07, 6.45) is 1.70. The lowest BCUT2D eigenvalue weighted by atomic mass is 9.98. The Kier molecular flexibility index (Phi) is 8.84. The number of hydroxylamine groups is 1. The van der Waals surface area contributed by atoms with Gasteiger partial charge < -0.3 is 26.8 Å². The van der Waals surface area contributed by atoms with E-state index >= 15 is 0 Å². The number of amides is 3. The van der Waals surface area contributed by atoms with Gasteiger partial charge in [-0.1, -0.05) is 0 Å². The number of nitrogens with zero attached hydrogens (tertiary/aromatic N) is 1. The van der Waals surface area contributed by atoms with E-state index in [0.717, 1.165) is 4.90 Å². The predicted molar refractivity (Wildman–Crippen MR) is 91.3 cm³/mol. The van der Waals surface area contributed by atoms with Crippen LogP contribution in [0.1, 0.15) is 32.1 Å². The number of nitrogens with one attached hydrogen (secondary N) is 2. The molecule has 0 aromatic heterocycles. The summed E-state index contributed by atoms with van der Waals surface area (Å²) in [5, 5.41) is 11.3. The lowest BCUT2D eigenvalue weighted by molar-refractivity contribution is -0.138. The van der Waals surface area contributed by atoms with E-state index in [1.165, 1.54) is 0 Å². The molecule has 27 heavy (non-hydrogen) atoms. The number of carbonyl (C=O) groups excluding carboxylic acids is 2. The van der Waals surface area contributed by atoms with Crippen molar-refractivity contribution in [2.24, 2.45) is 11.5 Å². The molecule has 1 aliphatic rings. The summed E-state index contributed by atoms with van der Waals surface area (Å²) in [4.78, 5) is 35.6. The molecule has 3 amide bonds. The Morgan fingerprint density at radius 3 is 2.48 bits per heavy atom. The largest absolute Gasteiger partial charge is 0.480 e. The van der Waals surface area contributed by atoms with Crippen molar-refractivity contribution in [1.29, 1.82) is 0 Å². The van der Waals surface area contributed by atoms with E-state index in [4.69, 9.17) is 21.1 Å². The number of rotatable bonds is 10. The van der Waals surface area contributed by atoms with Crippen molar-refractivity contribution in [3.63, 3.8) is 0 Å². The molecule has 1 saturated heterocycles. The van der Waals surface area contributed by atoms with Crippen LogP contribution in [-0.2, 0) is 24.3 Å². The Bertz CT molecular complexity index is 643. The van der Waals surface area contributed by atoms with Gasteiger partial charge in [0, 0.05) is 13.1 Å². The van der Waals surface area contributed by atoms with Gasteiger partial charge in [0.15, 0.2) is 0 Å². The fourth-order valence-electron chi connectivity index (χ4n) is 2.63. The number of hydrogen-bond acceptors (Lipinski definition) is 8. The number of urea groups is 1. The summed E-state index contributed by atoms with van der Waals surface area (Å²) in [6.45, 7) is 0.158. The van der Waals surface area contributed by atoms with Gasteiger partial charge in [0.05, 0.1) is 6.04 Å². The van der Waals surface area contributed by atoms with E-state index in [1.54, 1.807) is 0 Å². The van der Waals surface area contributed by atoms with E-state index in [9.17, 15) is 22.8 Å². The van der Waals surface area contributed by atoms with E-state index in [2.05, 4.69) is 15.1 Å². The first-order valence-electron chi connectivity index (χ1n) is 8.25. The van der Waals surface area contributed by atoms with E-state index in [1.807, 2.05) is 0 Å². The summed E-state index contributed by atoms with van der Waals surface area (Å²) in [5.41, 5.74) is 12.8. The molecule has 0 radical (unpaired) electrons.